The van der Waals surface area contributed by atoms with Crippen LogP contribution in [0, 0.1) is 11.3 Å². The lowest BCUT2D eigenvalue weighted by Crippen LogP contribution is -2.23. The molecule has 0 saturated heterocycles. The van der Waals surface area contributed by atoms with Gasteiger partial charge in [-0.15, -0.1) is 21.5 Å². The van der Waals surface area contributed by atoms with Crippen molar-refractivity contribution in [2.24, 2.45) is 0 Å². The number of carbonyl (C=O) groups excluding carboxylic acids is 1. The second kappa shape index (κ2) is 11.2. The van der Waals surface area contributed by atoms with E-state index in [4.69, 9.17) is 0 Å². The summed E-state index contributed by atoms with van der Waals surface area (Å²) in [6.07, 6.45) is 5.08. The maximum atomic E-state index is 12.8. The molecule has 178 valence electrons. The first-order chi connectivity index (χ1) is 16.5. The molecule has 1 atom stereocenters. The Morgan fingerprint density at radius 1 is 1.26 bits per heavy atom. The molecule has 1 aromatic carbocycles. The van der Waals surface area contributed by atoms with E-state index in [1.165, 1.54) is 16.6 Å². The van der Waals surface area contributed by atoms with Gasteiger partial charge >= 0.3 is 0 Å². The Morgan fingerprint density at radius 3 is 2.74 bits per heavy atom. The Labute approximate surface area is 209 Å². The molecule has 3 aromatic rings. The molecule has 1 N–H and O–H groups in total. The summed E-state index contributed by atoms with van der Waals surface area (Å²) in [5, 5.41) is 23.0. The summed E-state index contributed by atoms with van der Waals surface area (Å²) in [6.45, 7) is 2.79. The predicted molar refractivity (Wildman–Crippen MR) is 137 cm³/mol. The third-order valence-corrected chi connectivity index (χ3v) is 8.28. The quantitative estimate of drug-likeness (QED) is 0.427. The lowest BCUT2D eigenvalue weighted by atomic mass is 9.96. The number of hydrogen-bond acceptors (Lipinski definition) is 7. The van der Waals surface area contributed by atoms with Gasteiger partial charge in [0.2, 0.25) is 5.91 Å². The molecule has 0 aliphatic heterocycles. The molecule has 1 aliphatic rings. The van der Waals surface area contributed by atoms with Crippen molar-refractivity contribution in [3.05, 3.63) is 57.7 Å². The van der Waals surface area contributed by atoms with E-state index in [-0.39, 0.29) is 17.7 Å². The number of aromatic nitrogens is 3. The zero-order valence-corrected chi connectivity index (χ0v) is 21.5. The van der Waals surface area contributed by atoms with Gasteiger partial charge in [-0.05, 0) is 57.3 Å². The summed E-state index contributed by atoms with van der Waals surface area (Å²) in [5.74, 6) is 0.978. The molecular weight excluding hydrogens is 464 g/mol. The normalized spacial score (nSPS) is 14.0. The molecular formula is C25H30N6OS2. The summed E-state index contributed by atoms with van der Waals surface area (Å²) >= 11 is 2.94. The second-order valence-electron chi connectivity index (χ2n) is 8.66. The topological polar surface area (TPSA) is 86.8 Å². The molecule has 1 aliphatic carbocycles. The Balaban J connectivity index is 1.51. The van der Waals surface area contributed by atoms with E-state index in [0.29, 0.717) is 17.1 Å². The number of aryl methyl sites for hydroxylation is 1. The molecule has 34 heavy (non-hydrogen) atoms. The van der Waals surface area contributed by atoms with Crippen molar-refractivity contribution in [2.75, 3.05) is 25.2 Å². The van der Waals surface area contributed by atoms with Crippen LogP contribution < -0.4 is 5.32 Å². The minimum absolute atomic E-state index is 0.129. The van der Waals surface area contributed by atoms with Gasteiger partial charge in [-0.2, -0.15) is 5.26 Å². The van der Waals surface area contributed by atoms with Crippen LogP contribution in [0.4, 0.5) is 5.00 Å². The van der Waals surface area contributed by atoms with Crippen LogP contribution >= 0.6 is 23.1 Å². The summed E-state index contributed by atoms with van der Waals surface area (Å²) < 4.78 is 2.12. The van der Waals surface area contributed by atoms with Gasteiger partial charge in [0.05, 0.1) is 23.9 Å². The van der Waals surface area contributed by atoms with Crippen molar-refractivity contribution >= 4 is 34.0 Å². The van der Waals surface area contributed by atoms with Crippen LogP contribution in [0.25, 0.3) is 0 Å². The Kier molecular flexibility index (Phi) is 8.03. The second-order valence-corrected chi connectivity index (χ2v) is 10.7. The fourth-order valence-electron chi connectivity index (χ4n) is 4.41. The molecule has 0 radical (unpaired) electrons. The Morgan fingerprint density at radius 2 is 2.03 bits per heavy atom. The molecule has 1 unspecified atom stereocenters. The van der Waals surface area contributed by atoms with Crippen molar-refractivity contribution in [3.63, 3.8) is 0 Å². The molecule has 0 saturated carbocycles. The largest absolute Gasteiger partial charge is 0.316 e. The Hall–Kier alpha value is -2.67. The number of rotatable bonds is 9. The minimum atomic E-state index is -0.129. The predicted octanol–water partition coefficient (Wildman–Crippen LogP) is 4.88. The molecule has 0 bridgehead atoms. The number of carbonyl (C=O) groups is 1. The number of hydrogen-bond donors (Lipinski definition) is 1. The molecule has 7 nitrogen and oxygen atoms in total. The van der Waals surface area contributed by atoms with Gasteiger partial charge in [0.1, 0.15) is 11.1 Å². The number of anilines is 1. The van der Waals surface area contributed by atoms with E-state index in [1.54, 1.807) is 11.3 Å². The van der Waals surface area contributed by atoms with Gasteiger partial charge in [0.25, 0.3) is 0 Å². The van der Waals surface area contributed by atoms with Crippen molar-refractivity contribution in [1.82, 2.24) is 19.7 Å². The van der Waals surface area contributed by atoms with E-state index in [2.05, 4.69) is 50.1 Å². The van der Waals surface area contributed by atoms with E-state index in [0.717, 1.165) is 54.2 Å². The average molecular weight is 495 g/mol. The molecule has 1 amide bonds. The first-order valence-corrected chi connectivity index (χ1v) is 13.4. The number of benzene rings is 1. The van der Waals surface area contributed by atoms with E-state index in [1.807, 2.05) is 32.3 Å². The fraction of sp³-hybridized carbons (Fsp3) is 0.440. The van der Waals surface area contributed by atoms with Crippen LogP contribution in [0.5, 0.6) is 0 Å². The van der Waals surface area contributed by atoms with E-state index < -0.39 is 0 Å². The number of thioether (sulfide) groups is 1. The highest BCUT2D eigenvalue weighted by molar-refractivity contribution is 7.99. The Bertz CT molecular complexity index is 1180. The fourth-order valence-corrected chi connectivity index (χ4v) is 6.41. The summed E-state index contributed by atoms with van der Waals surface area (Å²) in [6, 6.07) is 12.7. The first-order valence-electron chi connectivity index (χ1n) is 11.6. The number of nitrogens with one attached hydrogen (secondary N) is 1. The lowest BCUT2D eigenvalue weighted by molar-refractivity contribution is -0.113. The van der Waals surface area contributed by atoms with Gasteiger partial charge in [0.15, 0.2) is 11.0 Å². The molecule has 9 heteroatoms. The third-order valence-electron chi connectivity index (χ3n) is 6.11. The number of fused-ring (bicyclic) bond motifs is 1. The zero-order valence-electron chi connectivity index (χ0n) is 19.9. The summed E-state index contributed by atoms with van der Waals surface area (Å²) in [7, 11) is 4.09. The van der Waals surface area contributed by atoms with Crippen LogP contribution in [-0.2, 0) is 24.2 Å². The van der Waals surface area contributed by atoms with Crippen LogP contribution in [0.2, 0.25) is 0 Å². The van der Waals surface area contributed by atoms with Crippen LogP contribution in [0.1, 0.15) is 59.6 Å². The van der Waals surface area contributed by atoms with Crippen LogP contribution in [-0.4, -0.2) is 45.4 Å². The van der Waals surface area contributed by atoms with Gasteiger partial charge in [-0.1, -0.05) is 49.0 Å². The van der Waals surface area contributed by atoms with Crippen molar-refractivity contribution in [3.8, 4) is 6.07 Å². The molecule has 0 spiro atoms. The number of nitrogens with zero attached hydrogens (tertiary/aromatic N) is 5. The molecule has 0 fully saturated rings. The molecule has 4 rings (SSSR count). The summed E-state index contributed by atoms with van der Waals surface area (Å²) in [4.78, 5) is 16.2. The monoisotopic (exact) mass is 494 g/mol. The number of nitriles is 1. The van der Waals surface area contributed by atoms with Gasteiger partial charge < -0.3 is 9.88 Å². The van der Waals surface area contributed by atoms with E-state index >= 15 is 0 Å². The SMILES string of the molecule is CCC(c1nnc(SCC(=O)Nc2sc3c(c2C#N)CCCC3)n1Cc1ccccc1)N(C)C. The summed E-state index contributed by atoms with van der Waals surface area (Å²) in [5.41, 5.74) is 2.93. The van der Waals surface area contributed by atoms with Gasteiger partial charge in [-0.3, -0.25) is 9.69 Å². The number of amides is 1. The maximum absolute atomic E-state index is 12.8. The van der Waals surface area contributed by atoms with Crippen molar-refractivity contribution in [2.45, 2.75) is 56.8 Å². The lowest BCUT2D eigenvalue weighted by Gasteiger charge is -2.23. The average Bonchev–Trinajstić information content (AvgIpc) is 3.39. The van der Waals surface area contributed by atoms with E-state index in [9.17, 15) is 10.1 Å². The maximum Gasteiger partial charge on any atom is 0.235 e. The number of thiophene rings is 1. The molecule has 2 heterocycles. The van der Waals surface area contributed by atoms with Crippen molar-refractivity contribution in [1.29, 1.82) is 5.26 Å². The van der Waals surface area contributed by atoms with Crippen LogP contribution in [0.15, 0.2) is 35.5 Å². The van der Waals surface area contributed by atoms with Gasteiger partial charge in [-0.25, -0.2) is 0 Å². The van der Waals surface area contributed by atoms with Crippen LogP contribution in [0.3, 0.4) is 0 Å². The highest BCUT2D eigenvalue weighted by Gasteiger charge is 2.24. The first kappa shape index (κ1) is 24.5. The third kappa shape index (κ3) is 5.35. The smallest absolute Gasteiger partial charge is 0.235 e. The van der Waals surface area contributed by atoms with Gasteiger partial charge in [0, 0.05) is 4.88 Å². The zero-order chi connectivity index (χ0) is 24.1. The highest BCUT2D eigenvalue weighted by Crippen LogP contribution is 2.37. The van der Waals surface area contributed by atoms with Crippen molar-refractivity contribution < 1.29 is 4.79 Å². The standard InChI is InChI=1S/C25H30N6OS2/c1-4-20(30(2)3)23-28-29-25(31(23)15-17-10-6-5-7-11-17)33-16-22(32)27-24-19(14-26)18-12-8-9-13-21(18)34-24/h5-7,10-11,20H,4,8-9,12-13,15-16H2,1-3H3,(H,27,32). The highest BCUT2D eigenvalue weighted by atomic mass is 32.2. The molecule has 2 aromatic heterocycles. The minimum Gasteiger partial charge on any atom is -0.316 e.